The maximum absolute atomic E-state index is 13.5. The fraction of sp³-hybridized carbons (Fsp3) is 0.0833. The smallest absolute Gasteiger partial charge is 0.269 e. The number of rotatable bonds is 3. The number of hydrogen-bond acceptors (Lipinski definition) is 4. The molecule has 1 aliphatic heterocycles. The average Bonchev–Trinajstić information content (AvgIpc) is 2.98. The van der Waals surface area contributed by atoms with E-state index in [0.717, 1.165) is 6.26 Å². The highest BCUT2D eigenvalue weighted by atomic mass is 19.1. The Morgan fingerprint density at radius 2 is 1.60 bits per heavy atom. The van der Waals surface area contributed by atoms with E-state index in [1.807, 2.05) is 0 Å². The third-order valence-corrected chi connectivity index (χ3v) is 5.46. The van der Waals surface area contributed by atoms with Crippen molar-refractivity contribution in [2.75, 3.05) is 4.90 Å². The summed E-state index contributed by atoms with van der Waals surface area (Å²) in [5.74, 6) is -1.03. The molecule has 1 aromatic heterocycles. The number of carbonyl (C=O) groups excluding carboxylic acids is 1. The lowest BCUT2D eigenvalue weighted by Crippen LogP contribution is -2.43. The molecule has 1 unspecified atom stereocenters. The van der Waals surface area contributed by atoms with Crippen molar-refractivity contribution in [3.05, 3.63) is 112 Å². The predicted octanol–water partition coefficient (Wildman–Crippen LogP) is 3.71. The highest BCUT2D eigenvalue weighted by Gasteiger charge is 2.52. The van der Waals surface area contributed by atoms with E-state index in [-0.39, 0.29) is 23.3 Å². The van der Waals surface area contributed by atoms with Gasteiger partial charge in [-0.25, -0.2) is 4.39 Å². The van der Waals surface area contributed by atoms with Crippen molar-refractivity contribution in [2.24, 2.45) is 0 Å². The van der Waals surface area contributed by atoms with Crippen LogP contribution in [0.1, 0.15) is 16.7 Å². The Bertz CT molecular complexity index is 1350. The van der Waals surface area contributed by atoms with E-state index in [1.54, 1.807) is 60.7 Å². The van der Waals surface area contributed by atoms with Crippen molar-refractivity contribution < 1.29 is 18.7 Å². The molecule has 0 saturated carbocycles. The summed E-state index contributed by atoms with van der Waals surface area (Å²) in [6.45, 7) is 0.122. The average molecular weight is 401 g/mol. The third-order valence-electron chi connectivity index (χ3n) is 5.46. The zero-order chi connectivity index (χ0) is 20.9. The molecule has 2 heterocycles. The maximum Gasteiger partial charge on any atom is 0.269 e. The first kappa shape index (κ1) is 18.3. The van der Waals surface area contributed by atoms with Crippen LogP contribution in [-0.4, -0.2) is 11.0 Å². The quantitative estimate of drug-likeness (QED) is 0.568. The molecule has 3 aromatic carbocycles. The van der Waals surface area contributed by atoms with Crippen LogP contribution in [0.15, 0.2) is 88.3 Å². The largest absolute Gasteiger partial charge is 0.464 e. The molecule has 1 amide bonds. The number of amides is 1. The number of fused-ring (bicyclic) bond motifs is 2. The van der Waals surface area contributed by atoms with Crippen LogP contribution in [0.2, 0.25) is 0 Å². The Morgan fingerprint density at radius 3 is 2.40 bits per heavy atom. The van der Waals surface area contributed by atoms with Gasteiger partial charge in [0.15, 0.2) is 5.43 Å². The number of halogens is 1. The molecule has 5 nitrogen and oxygen atoms in total. The zero-order valence-electron chi connectivity index (χ0n) is 15.7. The number of hydrogen-bond donors (Lipinski definition) is 1. The molecule has 0 spiro atoms. The molecular weight excluding hydrogens is 385 g/mol. The van der Waals surface area contributed by atoms with E-state index in [4.69, 9.17) is 4.42 Å². The van der Waals surface area contributed by atoms with Gasteiger partial charge < -0.3 is 14.4 Å². The van der Waals surface area contributed by atoms with Crippen molar-refractivity contribution in [3.63, 3.8) is 0 Å². The molecular formula is C24H16FNO4. The van der Waals surface area contributed by atoms with Crippen molar-refractivity contribution in [3.8, 4) is 0 Å². The number of para-hydroxylation sites is 2. The minimum absolute atomic E-state index is 0.122. The lowest BCUT2D eigenvalue weighted by molar-refractivity contribution is -0.132. The molecule has 5 rings (SSSR count). The third kappa shape index (κ3) is 2.58. The van der Waals surface area contributed by atoms with E-state index < -0.39 is 16.9 Å². The maximum atomic E-state index is 13.5. The Morgan fingerprint density at radius 1 is 0.900 bits per heavy atom. The minimum atomic E-state index is -2.18. The normalized spacial score (nSPS) is 18.1. The fourth-order valence-electron chi connectivity index (χ4n) is 3.95. The molecule has 148 valence electrons. The first-order chi connectivity index (χ1) is 14.5. The van der Waals surface area contributed by atoms with Gasteiger partial charge >= 0.3 is 0 Å². The van der Waals surface area contributed by atoms with Crippen LogP contribution < -0.4 is 10.3 Å². The van der Waals surface area contributed by atoms with Gasteiger partial charge in [0, 0.05) is 5.56 Å². The molecule has 0 saturated heterocycles. The molecule has 1 atom stereocenters. The van der Waals surface area contributed by atoms with Gasteiger partial charge in [0.1, 0.15) is 17.7 Å². The lowest BCUT2D eigenvalue weighted by atomic mass is 9.88. The molecule has 6 heteroatoms. The number of nitrogens with zero attached hydrogens (tertiary/aromatic N) is 1. The van der Waals surface area contributed by atoms with Gasteiger partial charge in [0.25, 0.3) is 5.91 Å². The molecule has 0 radical (unpaired) electrons. The molecule has 1 N–H and O–H groups in total. The molecule has 30 heavy (non-hydrogen) atoms. The monoisotopic (exact) mass is 401 g/mol. The molecule has 0 aliphatic carbocycles. The zero-order valence-corrected chi connectivity index (χ0v) is 15.7. The number of aliphatic hydroxyl groups is 1. The number of benzene rings is 3. The van der Waals surface area contributed by atoms with Crippen LogP contribution in [0.4, 0.5) is 10.1 Å². The van der Waals surface area contributed by atoms with E-state index in [9.17, 15) is 19.1 Å². The second-order valence-electron chi connectivity index (χ2n) is 7.22. The first-order valence-electron chi connectivity index (χ1n) is 9.39. The summed E-state index contributed by atoms with van der Waals surface area (Å²) in [7, 11) is 0. The van der Waals surface area contributed by atoms with Gasteiger partial charge in [-0.3, -0.25) is 9.59 Å². The van der Waals surface area contributed by atoms with Crippen molar-refractivity contribution in [1.29, 1.82) is 0 Å². The van der Waals surface area contributed by atoms with Gasteiger partial charge in [0.2, 0.25) is 5.60 Å². The van der Waals surface area contributed by atoms with Crippen molar-refractivity contribution in [1.82, 2.24) is 0 Å². The van der Waals surface area contributed by atoms with Crippen molar-refractivity contribution >= 4 is 22.6 Å². The van der Waals surface area contributed by atoms with Crippen LogP contribution in [0.3, 0.4) is 0 Å². The standard InChI is InChI=1S/C24H16FNO4/c25-16-11-9-15(10-12-16)13-26-20-7-3-2-6-18(20)24(29,23(26)28)19-14-30-21-8-4-1-5-17(21)22(19)27/h1-12,14,29H,13H2. The topological polar surface area (TPSA) is 70.8 Å². The summed E-state index contributed by atoms with van der Waals surface area (Å²) in [5.41, 5.74) is -0.930. The number of carbonyl (C=O) groups is 1. The van der Waals surface area contributed by atoms with Gasteiger partial charge in [-0.15, -0.1) is 0 Å². The van der Waals surface area contributed by atoms with Gasteiger partial charge in [-0.05, 0) is 35.9 Å². The molecule has 0 bridgehead atoms. The van der Waals surface area contributed by atoms with Gasteiger partial charge in [0.05, 0.1) is 23.2 Å². The van der Waals surface area contributed by atoms with E-state index >= 15 is 0 Å². The van der Waals surface area contributed by atoms with E-state index in [0.29, 0.717) is 22.4 Å². The lowest BCUT2D eigenvalue weighted by Gasteiger charge is -2.23. The highest BCUT2D eigenvalue weighted by molar-refractivity contribution is 6.09. The number of anilines is 1. The van der Waals surface area contributed by atoms with Gasteiger partial charge in [-0.1, -0.05) is 42.5 Å². The first-order valence-corrected chi connectivity index (χ1v) is 9.39. The Labute approximate surface area is 170 Å². The summed E-state index contributed by atoms with van der Waals surface area (Å²) in [5, 5.41) is 11.9. The van der Waals surface area contributed by atoms with Crippen LogP contribution in [0, 0.1) is 5.82 Å². The summed E-state index contributed by atoms with van der Waals surface area (Å²) >= 11 is 0. The summed E-state index contributed by atoms with van der Waals surface area (Å²) < 4.78 is 18.8. The Hall–Kier alpha value is -3.77. The second kappa shape index (κ2) is 6.64. The molecule has 0 fully saturated rings. The summed E-state index contributed by atoms with van der Waals surface area (Å²) in [4.78, 5) is 28.0. The van der Waals surface area contributed by atoms with Gasteiger partial charge in [-0.2, -0.15) is 0 Å². The summed E-state index contributed by atoms with van der Waals surface area (Å²) in [6.07, 6.45) is 1.15. The van der Waals surface area contributed by atoms with Crippen LogP contribution in [0.5, 0.6) is 0 Å². The minimum Gasteiger partial charge on any atom is -0.464 e. The SMILES string of the molecule is O=C1N(Cc2ccc(F)cc2)c2ccccc2C1(O)c1coc2ccccc2c1=O. The Balaban J connectivity index is 1.67. The van der Waals surface area contributed by atoms with E-state index in [1.165, 1.54) is 17.0 Å². The predicted molar refractivity (Wildman–Crippen MR) is 110 cm³/mol. The Kier molecular flexibility index (Phi) is 4.04. The second-order valence-corrected chi connectivity index (χ2v) is 7.22. The summed E-state index contributed by atoms with van der Waals surface area (Å²) in [6, 6.07) is 19.2. The van der Waals surface area contributed by atoms with E-state index in [2.05, 4.69) is 0 Å². The molecule has 4 aromatic rings. The highest BCUT2D eigenvalue weighted by Crippen LogP contribution is 2.44. The van der Waals surface area contributed by atoms with Crippen LogP contribution >= 0.6 is 0 Å². The molecule has 1 aliphatic rings. The fourth-order valence-corrected chi connectivity index (χ4v) is 3.95. The van der Waals surface area contributed by atoms with Crippen molar-refractivity contribution in [2.45, 2.75) is 12.1 Å². The van der Waals surface area contributed by atoms with Crippen LogP contribution in [-0.2, 0) is 16.9 Å². The van der Waals surface area contributed by atoms with Crippen LogP contribution in [0.25, 0.3) is 11.0 Å².